The normalized spacial score (nSPS) is 11.8. The van der Waals surface area contributed by atoms with Gasteiger partial charge in [0.2, 0.25) is 0 Å². The molecule has 0 aromatic heterocycles. The number of hydrogen-bond donors (Lipinski definition) is 2. The minimum absolute atomic E-state index is 0.158. The van der Waals surface area contributed by atoms with Crippen molar-refractivity contribution in [1.82, 2.24) is 10.7 Å². The summed E-state index contributed by atoms with van der Waals surface area (Å²) in [7, 11) is 1.56. The Morgan fingerprint density at radius 2 is 1.77 bits per heavy atom. The van der Waals surface area contributed by atoms with Crippen LogP contribution in [-0.4, -0.2) is 31.2 Å². The van der Waals surface area contributed by atoms with Crippen molar-refractivity contribution < 1.29 is 19.1 Å². The first-order valence-electron chi connectivity index (χ1n) is 11.1. The Labute approximate surface area is 210 Å². The average molecular weight is 494 g/mol. The average Bonchev–Trinajstić information content (AvgIpc) is 2.86. The second-order valence-electron chi connectivity index (χ2n) is 8.12. The van der Waals surface area contributed by atoms with Crippen LogP contribution in [-0.2, 0) is 11.4 Å². The Balaban J connectivity index is 1.61. The number of hydrogen-bond acceptors (Lipinski definition) is 5. The van der Waals surface area contributed by atoms with Gasteiger partial charge < -0.3 is 14.8 Å². The van der Waals surface area contributed by atoms with E-state index in [1.54, 1.807) is 49.6 Å². The van der Waals surface area contributed by atoms with Gasteiger partial charge in [-0.05, 0) is 53.4 Å². The molecule has 182 valence electrons. The molecular weight excluding hydrogens is 466 g/mol. The van der Waals surface area contributed by atoms with Crippen molar-refractivity contribution in [1.29, 1.82) is 0 Å². The maximum absolute atomic E-state index is 12.7. The lowest BCUT2D eigenvalue weighted by molar-refractivity contribution is -0.123. The smallest absolute Gasteiger partial charge is 0.262 e. The molecule has 35 heavy (non-hydrogen) atoms. The summed E-state index contributed by atoms with van der Waals surface area (Å²) in [6.45, 7) is 4.09. The van der Waals surface area contributed by atoms with Crippen molar-refractivity contribution in [2.45, 2.75) is 26.5 Å². The zero-order valence-corrected chi connectivity index (χ0v) is 20.6. The molecule has 0 heterocycles. The van der Waals surface area contributed by atoms with Gasteiger partial charge in [0.15, 0.2) is 11.5 Å². The van der Waals surface area contributed by atoms with E-state index < -0.39 is 11.9 Å². The van der Waals surface area contributed by atoms with Crippen LogP contribution >= 0.6 is 11.6 Å². The van der Waals surface area contributed by atoms with E-state index in [0.717, 1.165) is 5.56 Å². The standard InChI is InChI=1S/C27H28ClN3O4/c1-18(2)25(30-26(32)21-10-7-11-22(28)15-21)27(33)31-29-16-20-12-13-23(24(14-20)34-3)35-17-19-8-5-4-6-9-19/h4-16,18,25H,17H2,1-3H3,(H,30,32)(H,31,33). The number of carbonyl (C=O) groups excluding carboxylic acids is 2. The van der Waals surface area contributed by atoms with Gasteiger partial charge in [-0.15, -0.1) is 0 Å². The third-order valence-corrected chi connectivity index (χ3v) is 5.37. The van der Waals surface area contributed by atoms with Crippen molar-refractivity contribution in [3.63, 3.8) is 0 Å². The highest BCUT2D eigenvalue weighted by Crippen LogP contribution is 2.28. The number of carbonyl (C=O) groups is 2. The molecular formula is C27H28ClN3O4. The molecule has 0 spiro atoms. The van der Waals surface area contributed by atoms with Gasteiger partial charge >= 0.3 is 0 Å². The first-order valence-corrected chi connectivity index (χ1v) is 11.5. The summed E-state index contributed by atoms with van der Waals surface area (Å²) in [5.74, 6) is 0.170. The fourth-order valence-corrected chi connectivity index (χ4v) is 3.44. The number of amides is 2. The van der Waals surface area contributed by atoms with Crippen molar-refractivity contribution >= 4 is 29.6 Å². The van der Waals surface area contributed by atoms with Crippen LogP contribution in [0.1, 0.15) is 35.3 Å². The summed E-state index contributed by atoms with van der Waals surface area (Å²) in [6, 6.07) is 20.9. The predicted octanol–water partition coefficient (Wildman–Crippen LogP) is 4.83. The molecule has 7 nitrogen and oxygen atoms in total. The van der Waals surface area contributed by atoms with E-state index in [1.165, 1.54) is 6.21 Å². The molecule has 2 N–H and O–H groups in total. The largest absolute Gasteiger partial charge is 0.493 e. The van der Waals surface area contributed by atoms with Crippen LogP contribution in [0.15, 0.2) is 77.9 Å². The zero-order valence-electron chi connectivity index (χ0n) is 19.8. The Morgan fingerprint density at radius 3 is 2.46 bits per heavy atom. The van der Waals surface area contributed by atoms with Crippen molar-refractivity contribution in [3.05, 3.63) is 94.5 Å². The Morgan fingerprint density at radius 1 is 1.00 bits per heavy atom. The van der Waals surface area contributed by atoms with E-state index in [0.29, 0.717) is 34.3 Å². The van der Waals surface area contributed by atoms with Gasteiger partial charge in [-0.2, -0.15) is 5.10 Å². The Kier molecular flexibility index (Phi) is 9.26. The van der Waals surface area contributed by atoms with Gasteiger partial charge in [0.1, 0.15) is 12.6 Å². The summed E-state index contributed by atoms with van der Waals surface area (Å²) in [6.07, 6.45) is 1.50. The highest BCUT2D eigenvalue weighted by atomic mass is 35.5. The molecule has 0 saturated heterocycles. The van der Waals surface area contributed by atoms with Crippen LogP contribution in [0.5, 0.6) is 11.5 Å². The number of nitrogens with one attached hydrogen (secondary N) is 2. The minimum atomic E-state index is -0.776. The van der Waals surface area contributed by atoms with Crippen LogP contribution in [0, 0.1) is 5.92 Å². The van der Waals surface area contributed by atoms with Crippen molar-refractivity contribution in [3.8, 4) is 11.5 Å². The third-order valence-electron chi connectivity index (χ3n) is 5.14. The molecule has 8 heteroatoms. The van der Waals surface area contributed by atoms with Crippen LogP contribution in [0.4, 0.5) is 0 Å². The third kappa shape index (κ3) is 7.58. The number of benzene rings is 3. The maximum Gasteiger partial charge on any atom is 0.262 e. The van der Waals surface area contributed by atoms with E-state index in [-0.39, 0.29) is 11.8 Å². The maximum atomic E-state index is 12.7. The van der Waals surface area contributed by atoms with Crippen LogP contribution in [0.25, 0.3) is 0 Å². The zero-order chi connectivity index (χ0) is 25.2. The molecule has 0 aliphatic heterocycles. The van der Waals surface area contributed by atoms with Crippen LogP contribution in [0.3, 0.4) is 0 Å². The molecule has 3 aromatic rings. The van der Waals surface area contributed by atoms with Gasteiger partial charge in [0.25, 0.3) is 11.8 Å². The molecule has 1 unspecified atom stereocenters. The Hall–Kier alpha value is -3.84. The van der Waals surface area contributed by atoms with Gasteiger partial charge in [0.05, 0.1) is 13.3 Å². The molecule has 2 amide bonds. The molecule has 1 atom stereocenters. The molecule has 0 aliphatic carbocycles. The number of halogens is 1. The molecule has 0 bridgehead atoms. The van der Waals surface area contributed by atoms with Crippen molar-refractivity contribution in [2.24, 2.45) is 11.0 Å². The van der Waals surface area contributed by atoms with E-state index >= 15 is 0 Å². The summed E-state index contributed by atoms with van der Waals surface area (Å²) in [4.78, 5) is 25.2. The number of nitrogens with zero attached hydrogens (tertiary/aromatic N) is 1. The fraction of sp³-hybridized carbons (Fsp3) is 0.222. The van der Waals surface area contributed by atoms with Crippen LogP contribution < -0.4 is 20.2 Å². The minimum Gasteiger partial charge on any atom is -0.493 e. The number of hydrazone groups is 1. The molecule has 3 rings (SSSR count). The monoisotopic (exact) mass is 493 g/mol. The number of ether oxygens (including phenoxy) is 2. The van der Waals surface area contributed by atoms with E-state index in [4.69, 9.17) is 21.1 Å². The van der Waals surface area contributed by atoms with Gasteiger partial charge in [-0.25, -0.2) is 5.43 Å². The second kappa shape index (κ2) is 12.6. The van der Waals surface area contributed by atoms with Crippen LogP contribution in [0.2, 0.25) is 5.02 Å². The Bertz CT molecular complexity index is 1180. The van der Waals surface area contributed by atoms with Crippen molar-refractivity contribution in [2.75, 3.05) is 7.11 Å². The number of rotatable bonds is 10. The summed E-state index contributed by atoms with van der Waals surface area (Å²) < 4.78 is 11.3. The lowest BCUT2D eigenvalue weighted by atomic mass is 10.0. The molecule has 0 radical (unpaired) electrons. The first kappa shape index (κ1) is 25.8. The predicted molar refractivity (Wildman–Crippen MR) is 137 cm³/mol. The summed E-state index contributed by atoms with van der Waals surface area (Å²) in [5.41, 5.74) is 4.63. The molecule has 0 aliphatic rings. The molecule has 3 aromatic carbocycles. The van der Waals surface area contributed by atoms with E-state index in [1.807, 2.05) is 44.2 Å². The van der Waals surface area contributed by atoms with E-state index in [9.17, 15) is 9.59 Å². The fourth-order valence-electron chi connectivity index (χ4n) is 3.25. The highest BCUT2D eigenvalue weighted by molar-refractivity contribution is 6.31. The quantitative estimate of drug-likeness (QED) is 0.312. The van der Waals surface area contributed by atoms with Gasteiger partial charge in [-0.3, -0.25) is 9.59 Å². The molecule has 0 saturated carbocycles. The topological polar surface area (TPSA) is 89.0 Å². The number of methoxy groups -OCH3 is 1. The summed E-state index contributed by atoms with van der Waals surface area (Å²) in [5, 5.41) is 7.23. The lowest BCUT2D eigenvalue weighted by Crippen LogP contribution is -2.48. The molecule has 0 fully saturated rings. The van der Waals surface area contributed by atoms with Gasteiger partial charge in [-0.1, -0.05) is 61.8 Å². The highest BCUT2D eigenvalue weighted by Gasteiger charge is 2.24. The van der Waals surface area contributed by atoms with E-state index in [2.05, 4.69) is 15.8 Å². The second-order valence-corrected chi connectivity index (χ2v) is 8.56. The van der Waals surface area contributed by atoms with Gasteiger partial charge in [0, 0.05) is 10.6 Å². The first-order chi connectivity index (χ1) is 16.9. The lowest BCUT2D eigenvalue weighted by Gasteiger charge is -2.20. The summed E-state index contributed by atoms with van der Waals surface area (Å²) >= 11 is 5.96. The SMILES string of the molecule is COc1cc(C=NNC(=O)C(NC(=O)c2cccc(Cl)c2)C(C)C)ccc1OCc1ccccc1.